The molecule has 0 fully saturated rings. The molecular formula is C36H37N3O5S. The minimum Gasteiger partial charge on any atom is -0.493 e. The van der Waals surface area contributed by atoms with Gasteiger partial charge < -0.3 is 25.4 Å². The van der Waals surface area contributed by atoms with Crippen LogP contribution in [0.25, 0.3) is 6.08 Å². The molecule has 0 saturated heterocycles. The molecular weight excluding hydrogens is 586 g/mol. The average molecular weight is 624 g/mol. The molecule has 0 radical (unpaired) electrons. The van der Waals surface area contributed by atoms with E-state index in [1.807, 2.05) is 57.2 Å². The molecule has 4 rings (SSSR count). The Labute approximate surface area is 268 Å². The number of methoxy groups -OCH3 is 2. The Morgan fingerprint density at radius 3 is 2.16 bits per heavy atom. The summed E-state index contributed by atoms with van der Waals surface area (Å²) in [6.45, 7) is 5.96. The zero-order valence-corrected chi connectivity index (χ0v) is 26.8. The summed E-state index contributed by atoms with van der Waals surface area (Å²) in [7, 11) is 3.07. The molecule has 0 heterocycles. The molecule has 4 aromatic carbocycles. The number of thioether (sulfide) groups is 1. The largest absolute Gasteiger partial charge is 0.493 e. The first kappa shape index (κ1) is 32.9. The van der Waals surface area contributed by atoms with Crippen LogP contribution in [0, 0.1) is 13.8 Å². The minimum absolute atomic E-state index is 0.0355. The zero-order valence-electron chi connectivity index (χ0n) is 26.0. The molecule has 0 aliphatic carbocycles. The van der Waals surface area contributed by atoms with Crippen molar-refractivity contribution in [3.05, 3.63) is 119 Å². The van der Waals surface area contributed by atoms with E-state index in [9.17, 15) is 14.4 Å². The Kier molecular flexibility index (Phi) is 11.4. The van der Waals surface area contributed by atoms with Crippen LogP contribution < -0.4 is 25.4 Å². The van der Waals surface area contributed by atoms with Crippen molar-refractivity contribution in [1.29, 1.82) is 0 Å². The predicted molar refractivity (Wildman–Crippen MR) is 181 cm³/mol. The number of carbonyl (C=O) groups excluding carboxylic acids is 3. The Balaban J connectivity index is 1.54. The molecule has 8 nitrogen and oxygen atoms in total. The molecule has 0 saturated carbocycles. The summed E-state index contributed by atoms with van der Waals surface area (Å²) in [5.41, 5.74) is 4.50. The van der Waals surface area contributed by atoms with E-state index in [0.29, 0.717) is 34.7 Å². The second-order valence-electron chi connectivity index (χ2n) is 10.4. The zero-order chi connectivity index (χ0) is 32.3. The van der Waals surface area contributed by atoms with Gasteiger partial charge in [0.05, 0.1) is 19.5 Å². The van der Waals surface area contributed by atoms with Gasteiger partial charge in [-0.05, 0) is 97.6 Å². The lowest BCUT2D eigenvalue weighted by atomic mass is 10.1. The Morgan fingerprint density at radius 1 is 0.778 bits per heavy atom. The third-order valence-electron chi connectivity index (χ3n) is 6.77. The maximum atomic E-state index is 13.6. The Bertz CT molecular complexity index is 1680. The molecule has 0 bridgehead atoms. The van der Waals surface area contributed by atoms with Gasteiger partial charge in [0.15, 0.2) is 11.5 Å². The lowest BCUT2D eigenvalue weighted by Crippen LogP contribution is -2.30. The van der Waals surface area contributed by atoms with E-state index >= 15 is 0 Å². The maximum absolute atomic E-state index is 13.6. The fourth-order valence-electron chi connectivity index (χ4n) is 4.65. The quantitative estimate of drug-likeness (QED) is 0.114. The highest BCUT2D eigenvalue weighted by molar-refractivity contribution is 8.00. The first-order chi connectivity index (χ1) is 21.7. The van der Waals surface area contributed by atoms with Crippen molar-refractivity contribution in [1.82, 2.24) is 5.32 Å². The molecule has 0 spiro atoms. The standard InChI is InChI=1S/C36H37N3O5S/c1-6-33(36(42)38-28-18-23(2)17-24(3)19-28)45-29-14-10-13-27(22-29)37-35(41)30(39-34(40)26-11-8-7-9-12-26)20-25-15-16-31(43-4)32(21-25)44-5/h7-22,33H,6H2,1-5H3,(H,37,41)(H,38,42)(H,39,40)/b30-20+. The van der Waals surface area contributed by atoms with Crippen molar-refractivity contribution in [2.45, 2.75) is 37.3 Å². The summed E-state index contributed by atoms with van der Waals surface area (Å²) in [5, 5.41) is 8.33. The van der Waals surface area contributed by atoms with Crippen molar-refractivity contribution >= 4 is 46.9 Å². The second-order valence-corrected chi connectivity index (χ2v) is 11.6. The smallest absolute Gasteiger partial charge is 0.272 e. The van der Waals surface area contributed by atoms with Crippen LogP contribution in [0.15, 0.2) is 102 Å². The fourth-order valence-corrected chi connectivity index (χ4v) is 5.67. The Hall–Kier alpha value is -5.02. The van der Waals surface area contributed by atoms with E-state index < -0.39 is 11.8 Å². The highest BCUT2D eigenvalue weighted by Gasteiger charge is 2.20. The summed E-state index contributed by atoms with van der Waals surface area (Å²) in [5.74, 6) is -0.0163. The van der Waals surface area contributed by atoms with Gasteiger partial charge in [-0.15, -0.1) is 11.8 Å². The Morgan fingerprint density at radius 2 is 1.49 bits per heavy atom. The van der Waals surface area contributed by atoms with E-state index in [2.05, 4.69) is 22.0 Å². The summed E-state index contributed by atoms with van der Waals surface area (Å²) in [4.78, 5) is 40.6. The van der Waals surface area contributed by atoms with Gasteiger partial charge in [-0.25, -0.2) is 0 Å². The van der Waals surface area contributed by atoms with Gasteiger partial charge in [0.25, 0.3) is 11.8 Å². The number of rotatable bonds is 12. The number of anilines is 2. The van der Waals surface area contributed by atoms with Crippen molar-refractivity contribution in [3.63, 3.8) is 0 Å². The fraction of sp³-hybridized carbons (Fsp3) is 0.194. The number of aryl methyl sites for hydroxylation is 2. The molecule has 0 aliphatic heterocycles. The van der Waals surface area contributed by atoms with Crippen LogP contribution in [0.1, 0.15) is 40.4 Å². The molecule has 4 aromatic rings. The molecule has 45 heavy (non-hydrogen) atoms. The number of carbonyl (C=O) groups is 3. The first-order valence-corrected chi connectivity index (χ1v) is 15.3. The predicted octanol–water partition coefficient (Wildman–Crippen LogP) is 7.24. The van der Waals surface area contributed by atoms with Gasteiger partial charge in [-0.2, -0.15) is 0 Å². The summed E-state index contributed by atoms with van der Waals surface area (Å²) in [6, 6.07) is 27.1. The van der Waals surface area contributed by atoms with Crippen LogP contribution in [-0.4, -0.2) is 37.2 Å². The number of benzene rings is 4. The van der Waals surface area contributed by atoms with E-state index in [1.54, 1.807) is 61.7 Å². The molecule has 9 heteroatoms. The lowest BCUT2D eigenvalue weighted by molar-refractivity contribution is -0.116. The van der Waals surface area contributed by atoms with Gasteiger partial charge in [0.1, 0.15) is 5.70 Å². The number of hydrogen-bond donors (Lipinski definition) is 3. The highest BCUT2D eigenvalue weighted by Crippen LogP contribution is 2.30. The molecule has 232 valence electrons. The van der Waals surface area contributed by atoms with Crippen molar-refractivity contribution < 1.29 is 23.9 Å². The number of nitrogens with one attached hydrogen (secondary N) is 3. The van der Waals surface area contributed by atoms with Crippen LogP contribution in [0.4, 0.5) is 11.4 Å². The van der Waals surface area contributed by atoms with Gasteiger partial charge >= 0.3 is 0 Å². The van der Waals surface area contributed by atoms with Crippen molar-refractivity contribution in [3.8, 4) is 11.5 Å². The average Bonchev–Trinajstić information content (AvgIpc) is 3.03. The molecule has 3 amide bonds. The highest BCUT2D eigenvalue weighted by atomic mass is 32.2. The van der Waals surface area contributed by atoms with E-state index in [0.717, 1.165) is 21.7 Å². The van der Waals surface area contributed by atoms with Gasteiger partial charge in [-0.3, -0.25) is 14.4 Å². The number of amides is 3. The van der Waals surface area contributed by atoms with Crippen LogP contribution in [0.5, 0.6) is 11.5 Å². The second kappa shape index (κ2) is 15.6. The van der Waals surface area contributed by atoms with Crippen LogP contribution in [-0.2, 0) is 9.59 Å². The topological polar surface area (TPSA) is 106 Å². The third-order valence-corrected chi connectivity index (χ3v) is 8.13. The molecule has 0 aliphatic rings. The van der Waals surface area contributed by atoms with Gasteiger partial charge in [-0.1, -0.05) is 43.3 Å². The maximum Gasteiger partial charge on any atom is 0.272 e. The molecule has 1 atom stereocenters. The third kappa shape index (κ3) is 9.23. The number of hydrogen-bond acceptors (Lipinski definition) is 6. The van der Waals surface area contributed by atoms with Crippen LogP contribution in [0.3, 0.4) is 0 Å². The SMILES string of the molecule is CCC(Sc1cccc(NC(=O)/C(=C\c2ccc(OC)c(OC)c2)NC(=O)c2ccccc2)c1)C(=O)Nc1cc(C)cc(C)c1. The molecule has 0 aromatic heterocycles. The van der Waals surface area contributed by atoms with Crippen molar-refractivity contribution in [2.24, 2.45) is 0 Å². The molecule has 3 N–H and O–H groups in total. The number of ether oxygens (including phenoxy) is 2. The van der Waals surface area contributed by atoms with Crippen LogP contribution >= 0.6 is 11.8 Å². The summed E-state index contributed by atoms with van der Waals surface area (Å²) in [6.07, 6.45) is 2.18. The van der Waals surface area contributed by atoms with Crippen molar-refractivity contribution in [2.75, 3.05) is 24.9 Å². The van der Waals surface area contributed by atoms with Gasteiger partial charge in [0, 0.05) is 21.8 Å². The summed E-state index contributed by atoms with van der Waals surface area (Å²) < 4.78 is 10.7. The molecule has 1 unspecified atom stereocenters. The van der Waals surface area contributed by atoms with Gasteiger partial charge in [0.2, 0.25) is 5.91 Å². The first-order valence-electron chi connectivity index (χ1n) is 14.5. The normalized spacial score (nSPS) is 11.7. The van der Waals surface area contributed by atoms with Crippen LogP contribution in [0.2, 0.25) is 0 Å². The van der Waals surface area contributed by atoms with E-state index in [-0.39, 0.29) is 16.9 Å². The van der Waals surface area contributed by atoms with E-state index in [4.69, 9.17) is 9.47 Å². The van der Waals surface area contributed by atoms with E-state index in [1.165, 1.54) is 18.9 Å². The minimum atomic E-state index is -0.518. The summed E-state index contributed by atoms with van der Waals surface area (Å²) >= 11 is 1.42. The lowest BCUT2D eigenvalue weighted by Gasteiger charge is -2.16. The monoisotopic (exact) mass is 623 g/mol.